The maximum Gasteiger partial charge on any atom is 0.403 e. The van der Waals surface area contributed by atoms with E-state index in [1.807, 2.05) is 0 Å². The molecule has 0 aliphatic heterocycles. The molecule has 0 saturated heterocycles. The number of halogens is 8. The Labute approximate surface area is 75.6 Å². The van der Waals surface area contributed by atoms with Crippen molar-refractivity contribution in [1.29, 1.82) is 0 Å². The average molecular weight is 248 g/mol. The summed E-state index contributed by atoms with van der Waals surface area (Å²) < 4.78 is 95.7. The van der Waals surface area contributed by atoms with E-state index in [9.17, 15) is 34.9 Å². The van der Waals surface area contributed by atoms with Crippen molar-refractivity contribution in [3.63, 3.8) is 0 Å². The highest BCUT2D eigenvalue weighted by atomic mass is 31.1. The van der Waals surface area contributed by atoms with Crippen LogP contribution < -0.4 is 0 Å². The second-order valence-corrected chi connectivity index (χ2v) is 3.39. The van der Waals surface area contributed by atoms with Gasteiger partial charge in [0.1, 0.15) is 0 Å². The number of rotatable bonds is 3. The number of hydrogen-bond donors (Lipinski definition) is 0. The topological polar surface area (TPSA) is 0 Å². The zero-order chi connectivity index (χ0) is 11.8. The highest BCUT2D eigenvalue weighted by Gasteiger charge is 2.66. The molecule has 0 aromatic rings. The summed E-state index contributed by atoms with van der Waals surface area (Å²) in [6.45, 7) is -0.383. The molecule has 0 aliphatic rings. The molecule has 9 heteroatoms. The average Bonchev–Trinajstić information content (AvgIpc) is 1.80. The van der Waals surface area contributed by atoms with Gasteiger partial charge in [0.25, 0.3) is 0 Å². The van der Waals surface area contributed by atoms with Gasteiger partial charge in [-0.1, -0.05) is 0 Å². The summed E-state index contributed by atoms with van der Waals surface area (Å²) in [7, 11) is -2.83. The molecule has 0 N–H and O–H groups in total. The van der Waals surface area contributed by atoms with Gasteiger partial charge in [0, 0.05) is 6.92 Å². The van der Waals surface area contributed by atoms with Crippen LogP contribution in [0, 0.1) is 0 Å². The predicted molar refractivity (Wildman–Crippen MR) is 34.8 cm³/mol. The zero-order valence-corrected chi connectivity index (χ0v) is 7.60. The van der Waals surface area contributed by atoms with E-state index in [1.165, 1.54) is 0 Å². The van der Waals surface area contributed by atoms with Crippen molar-refractivity contribution in [3.05, 3.63) is 0 Å². The second kappa shape index (κ2) is 3.79. The van der Waals surface area contributed by atoms with E-state index in [0.29, 0.717) is 0 Å². The van der Waals surface area contributed by atoms with Crippen LogP contribution in [0.5, 0.6) is 0 Å². The molecule has 0 fully saturated rings. The first-order valence-electron chi connectivity index (χ1n) is 3.13. The lowest BCUT2D eigenvalue weighted by molar-refractivity contribution is -0.252. The van der Waals surface area contributed by atoms with Gasteiger partial charge in [0.05, 0.1) is 8.89 Å². The minimum atomic E-state index is -5.68. The highest BCUT2D eigenvalue weighted by molar-refractivity contribution is 7.33. The lowest BCUT2D eigenvalue weighted by Gasteiger charge is -2.30. The molecular formula is C5H5F8P. The van der Waals surface area contributed by atoms with Gasteiger partial charge < -0.3 is 0 Å². The molecule has 0 aromatic heterocycles. The van der Waals surface area contributed by atoms with E-state index in [0.717, 1.165) is 0 Å². The largest absolute Gasteiger partial charge is 0.403 e. The van der Waals surface area contributed by atoms with Gasteiger partial charge in [-0.3, -0.25) is 0 Å². The SMILES string of the molecule is CC(F)(F)C(F)(F)C(PF)C(F)(F)F. The van der Waals surface area contributed by atoms with Crippen molar-refractivity contribution < 1.29 is 34.9 Å². The monoisotopic (exact) mass is 248 g/mol. The normalized spacial score (nSPS) is 17.8. The van der Waals surface area contributed by atoms with Gasteiger partial charge in [-0.25, -0.2) is 13.0 Å². The third-order valence-corrected chi connectivity index (χ3v) is 2.29. The van der Waals surface area contributed by atoms with Gasteiger partial charge in [0.2, 0.25) is 0 Å². The Balaban J connectivity index is 5.04. The number of hydrogen-bond acceptors (Lipinski definition) is 0. The lowest BCUT2D eigenvalue weighted by atomic mass is 10.1. The maximum atomic E-state index is 12.4. The van der Waals surface area contributed by atoms with Gasteiger partial charge in [-0.2, -0.15) is 22.0 Å². The van der Waals surface area contributed by atoms with Crippen LogP contribution in [-0.2, 0) is 0 Å². The summed E-state index contributed by atoms with van der Waals surface area (Å²) in [6.07, 6.45) is -5.68. The molecule has 0 spiro atoms. The summed E-state index contributed by atoms with van der Waals surface area (Å²) in [6, 6.07) is 0. The Morgan fingerprint density at radius 1 is 0.929 bits per heavy atom. The molecule has 86 valence electrons. The molecule has 0 heterocycles. The fraction of sp³-hybridized carbons (Fsp3) is 1.00. The van der Waals surface area contributed by atoms with E-state index in [1.54, 1.807) is 0 Å². The van der Waals surface area contributed by atoms with E-state index in [-0.39, 0.29) is 6.92 Å². The Hall–Kier alpha value is -0.130. The third kappa shape index (κ3) is 2.68. The molecule has 14 heavy (non-hydrogen) atoms. The summed E-state index contributed by atoms with van der Waals surface area (Å²) in [5.41, 5.74) is -3.95. The van der Waals surface area contributed by atoms with Crippen LogP contribution >= 0.6 is 8.89 Å². The molecule has 0 nitrogen and oxygen atoms in total. The first-order chi connectivity index (χ1) is 5.94. The third-order valence-electron chi connectivity index (χ3n) is 1.38. The van der Waals surface area contributed by atoms with Crippen molar-refractivity contribution >= 4 is 8.89 Å². The van der Waals surface area contributed by atoms with Crippen LogP contribution in [0.2, 0.25) is 0 Å². The van der Waals surface area contributed by atoms with Crippen molar-refractivity contribution in [2.75, 3.05) is 0 Å². The fourth-order valence-electron chi connectivity index (χ4n) is 0.589. The van der Waals surface area contributed by atoms with Crippen LogP contribution in [0.15, 0.2) is 0 Å². The molecule has 0 aromatic carbocycles. The Bertz CT molecular complexity index is 191. The first-order valence-corrected chi connectivity index (χ1v) is 4.08. The van der Waals surface area contributed by atoms with E-state index < -0.39 is 32.6 Å². The Morgan fingerprint density at radius 2 is 1.29 bits per heavy atom. The van der Waals surface area contributed by atoms with Crippen molar-refractivity contribution in [3.8, 4) is 0 Å². The standard InChI is InChI=1S/C5H5F8P/c1-3(6,7)4(8,9)2(14-13)5(10,11)12/h2,14H,1H3. The van der Waals surface area contributed by atoms with E-state index in [4.69, 9.17) is 0 Å². The van der Waals surface area contributed by atoms with Gasteiger partial charge in [0.15, 0.2) is 5.66 Å². The van der Waals surface area contributed by atoms with Gasteiger partial charge in [-0.05, 0) is 0 Å². The summed E-state index contributed by atoms with van der Waals surface area (Å²) in [4.78, 5) is 0. The molecule has 2 atom stereocenters. The minimum absolute atomic E-state index is 0.383. The fourth-order valence-corrected chi connectivity index (χ4v) is 1.10. The quantitative estimate of drug-likeness (QED) is 0.526. The molecule has 2 unspecified atom stereocenters. The van der Waals surface area contributed by atoms with Crippen molar-refractivity contribution in [2.45, 2.75) is 30.6 Å². The molecule has 0 bridgehead atoms. The molecular weight excluding hydrogens is 243 g/mol. The molecule has 0 radical (unpaired) electrons. The maximum absolute atomic E-state index is 12.4. The van der Waals surface area contributed by atoms with Crippen molar-refractivity contribution in [1.82, 2.24) is 0 Å². The first kappa shape index (κ1) is 13.9. The highest BCUT2D eigenvalue weighted by Crippen LogP contribution is 2.50. The molecule has 0 saturated carbocycles. The Kier molecular flexibility index (Phi) is 3.76. The smallest absolute Gasteiger partial charge is 0.230 e. The lowest BCUT2D eigenvalue weighted by Crippen LogP contribution is -2.51. The van der Waals surface area contributed by atoms with Crippen LogP contribution in [0.1, 0.15) is 6.92 Å². The molecule has 0 rings (SSSR count). The second-order valence-electron chi connectivity index (χ2n) is 2.60. The molecule has 0 amide bonds. The molecule has 0 aliphatic carbocycles. The summed E-state index contributed by atoms with van der Waals surface area (Å²) in [5, 5.41) is 0. The van der Waals surface area contributed by atoms with E-state index in [2.05, 4.69) is 0 Å². The Morgan fingerprint density at radius 3 is 1.36 bits per heavy atom. The van der Waals surface area contributed by atoms with Crippen LogP contribution in [0.4, 0.5) is 34.9 Å². The predicted octanol–water partition coefficient (Wildman–Crippen LogP) is 3.77. The van der Waals surface area contributed by atoms with E-state index >= 15 is 0 Å². The zero-order valence-electron chi connectivity index (χ0n) is 6.60. The van der Waals surface area contributed by atoms with Crippen LogP contribution in [-0.4, -0.2) is 23.7 Å². The summed E-state index contributed by atoms with van der Waals surface area (Å²) in [5.74, 6) is -10.3. The van der Waals surface area contributed by atoms with Crippen LogP contribution in [0.3, 0.4) is 0 Å². The van der Waals surface area contributed by atoms with Gasteiger partial charge >= 0.3 is 18.0 Å². The number of alkyl halides is 7. The minimum Gasteiger partial charge on any atom is -0.230 e. The summed E-state index contributed by atoms with van der Waals surface area (Å²) >= 11 is 0. The van der Waals surface area contributed by atoms with Crippen molar-refractivity contribution in [2.24, 2.45) is 0 Å². The van der Waals surface area contributed by atoms with Gasteiger partial charge in [-0.15, -0.1) is 0 Å². The van der Waals surface area contributed by atoms with Crippen LogP contribution in [0.25, 0.3) is 0 Å².